The van der Waals surface area contributed by atoms with E-state index < -0.39 is 0 Å². The van der Waals surface area contributed by atoms with Crippen LogP contribution >= 0.6 is 11.3 Å². The van der Waals surface area contributed by atoms with Gasteiger partial charge in [-0.25, -0.2) is 4.98 Å². The molecule has 3 aromatic rings. The number of hydrogen-bond donors (Lipinski definition) is 2. The first-order valence-electron chi connectivity index (χ1n) is 9.29. The smallest absolute Gasteiger partial charge is 0.230 e. The molecule has 2 aromatic carbocycles. The molecule has 4 rings (SSSR count). The molecule has 0 atom stereocenters. The van der Waals surface area contributed by atoms with E-state index >= 15 is 0 Å². The van der Waals surface area contributed by atoms with Crippen molar-refractivity contribution in [3.05, 3.63) is 65.2 Å². The van der Waals surface area contributed by atoms with Gasteiger partial charge in [0.1, 0.15) is 5.01 Å². The number of amides is 2. The maximum absolute atomic E-state index is 12.3. The van der Waals surface area contributed by atoms with E-state index in [0.717, 1.165) is 34.8 Å². The fourth-order valence-corrected chi connectivity index (χ4v) is 3.71. The molecule has 5 nitrogen and oxygen atoms in total. The maximum atomic E-state index is 12.3. The van der Waals surface area contributed by atoms with Gasteiger partial charge in [0.2, 0.25) is 11.8 Å². The number of anilines is 2. The average molecular weight is 391 g/mol. The number of nitrogens with zero attached hydrogens (tertiary/aromatic N) is 1. The van der Waals surface area contributed by atoms with Crippen molar-refractivity contribution in [2.24, 2.45) is 5.92 Å². The van der Waals surface area contributed by atoms with Gasteiger partial charge < -0.3 is 10.6 Å². The van der Waals surface area contributed by atoms with Crippen LogP contribution in [0, 0.1) is 12.8 Å². The number of carbonyl (C=O) groups excluding carboxylic acids is 2. The van der Waals surface area contributed by atoms with E-state index in [4.69, 9.17) is 0 Å². The molecule has 0 saturated heterocycles. The number of carbonyl (C=O) groups is 2. The Balaban J connectivity index is 1.33. The molecule has 1 aliphatic rings. The summed E-state index contributed by atoms with van der Waals surface area (Å²) < 4.78 is 0. The summed E-state index contributed by atoms with van der Waals surface area (Å²) in [5, 5.41) is 8.61. The Labute approximate surface area is 167 Å². The van der Waals surface area contributed by atoms with Crippen LogP contribution in [0.25, 0.3) is 10.6 Å². The Kier molecular flexibility index (Phi) is 5.21. The van der Waals surface area contributed by atoms with Gasteiger partial charge in [-0.05, 0) is 50.1 Å². The van der Waals surface area contributed by atoms with E-state index in [1.807, 2.05) is 30.5 Å². The summed E-state index contributed by atoms with van der Waals surface area (Å²) in [6, 6.07) is 15.4. The molecular formula is C22H21N3O2S. The quantitative estimate of drug-likeness (QED) is 0.643. The number of aryl methyl sites for hydroxylation is 1. The highest BCUT2D eigenvalue weighted by molar-refractivity contribution is 7.13. The monoisotopic (exact) mass is 391 g/mol. The van der Waals surface area contributed by atoms with Crippen LogP contribution in [0.15, 0.2) is 53.9 Å². The van der Waals surface area contributed by atoms with E-state index in [-0.39, 0.29) is 24.2 Å². The van der Waals surface area contributed by atoms with E-state index in [9.17, 15) is 9.59 Å². The predicted octanol–water partition coefficient (Wildman–Crippen LogP) is 4.65. The molecular weight excluding hydrogens is 370 g/mol. The van der Waals surface area contributed by atoms with Gasteiger partial charge in [0, 0.05) is 28.2 Å². The minimum atomic E-state index is -0.115. The summed E-state index contributed by atoms with van der Waals surface area (Å²) in [4.78, 5) is 28.7. The summed E-state index contributed by atoms with van der Waals surface area (Å²) in [6.07, 6.45) is 2.17. The summed E-state index contributed by atoms with van der Waals surface area (Å²) in [7, 11) is 0. The summed E-state index contributed by atoms with van der Waals surface area (Å²) in [5.41, 5.74) is 4.46. The van der Waals surface area contributed by atoms with Gasteiger partial charge in [0.05, 0.1) is 12.1 Å². The minimum Gasteiger partial charge on any atom is -0.326 e. The fourth-order valence-electron chi connectivity index (χ4n) is 2.90. The highest BCUT2D eigenvalue weighted by atomic mass is 32.1. The lowest BCUT2D eigenvalue weighted by atomic mass is 10.1. The average Bonchev–Trinajstić information content (AvgIpc) is 3.43. The van der Waals surface area contributed by atoms with Crippen LogP contribution in [0.3, 0.4) is 0 Å². The molecule has 142 valence electrons. The topological polar surface area (TPSA) is 71.1 Å². The van der Waals surface area contributed by atoms with E-state index in [2.05, 4.69) is 21.7 Å². The molecule has 0 aliphatic heterocycles. The second kappa shape index (κ2) is 7.94. The van der Waals surface area contributed by atoms with Crippen molar-refractivity contribution in [3.63, 3.8) is 0 Å². The van der Waals surface area contributed by atoms with Gasteiger partial charge in [-0.3, -0.25) is 9.59 Å². The highest BCUT2D eigenvalue weighted by Gasteiger charge is 2.29. The molecule has 2 N–H and O–H groups in total. The Morgan fingerprint density at radius 2 is 1.79 bits per heavy atom. The second-order valence-corrected chi connectivity index (χ2v) is 7.94. The third kappa shape index (κ3) is 4.64. The number of benzene rings is 2. The first kappa shape index (κ1) is 18.4. The largest absolute Gasteiger partial charge is 0.326 e. The van der Waals surface area contributed by atoms with Crippen LogP contribution in [0.1, 0.15) is 24.1 Å². The summed E-state index contributed by atoms with van der Waals surface area (Å²) in [6.45, 7) is 2.05. The van der Waals surface area contributed by atoms with Gasteiger partial charge in [0.25, 0.3) is 0 Å². The maximum Gasteiger partial charge on any atom is 0.230 e. The Morgan fingerprint density at radius 1 is 1.07 bits per heavy atom. The number of rotatable bonds is 6. The summed E-state index contributed by atoms with van der Waals surface area (Å²) >= 11 is 1.54. The second-order valence-electron chi connectivity index (χ2n) is 7.08. The number of nitrogens with one attached hydrogen (secondary N) is 2. The first-order valence-corrected chi connectivity index (χ1v) is 10.2. The van der Waals surface area contributed by atoms with Crippen molar-refractivity contribution < 1.29 is 9.59 Å². The highest BCUT2D eigenvalue weighted by Crippen LogP contribution is 2.30. The van der Waals surface area contributed by atoms with Crippen molar-refractivity contribution in [3.8, 4) is 10.6 Å². The SMILES string of the molecule is Cc1cccc(-c2nc(CC(=O)Nc3ccc(NC(=O)C4CC4)cc3)cs2)c1. The van der Waals surface area contributed by atoms with Crippen molar-refractivity contribution in [2.45, 2.75) is 26.2 Å². The third-order valence-corrected chi connectivity index (χ3v) is 5.48. The molecule has 0 spiro atoms. The van der Waals surface area contributed by atoms with Gasteiger partial charge >= 0.3 is 0 Å². The van der Waals surface area contributed by atoms with Crippen LogP contribution in [-0.2, 0) is 16.0 Å². The van der Waals surface area contributed by atoms with E-state index in [1.165, 1.54) is 5.56 Å². The standard InChI is InChI=1S/C22H21N3O2S/c1-14-3-2-4-16(11-14)22-25-19(13-28-22)12-20(26)23-17-7-9-18(10-8-17)24-21(27)15-5-6-15/h2-4,7-11,13,15H,5-6,12H2,1H3,(H,23,26)(H,24,27). The van der Waals surface area contributed by atoms with Crippen LogP contribution in [0.4, 0.5) is 11.4 Å². The van der Waals surface area contributed by atoms with Gasteiger partial charge in [0.15, 0.2) is 0 Å². The van der Waals surface area contributed by atoms with Crippen molar-refractivity contribution in [1.82, 2.24) is 4.98 Å². The zero-order chi connectivity index (χ0) is 19.5. The van der Waals surface area contributed by atoms with Gasteiger partial charge in [-0.1, -0.05) is 23.8 Å². The van der Waals surface area contributed by atoms with Crippen molar-refractivity contribution >= 4 is 34.5 Å². The first-order chi connectivity index (χ1) is 13.6. The zero-order valence-electron chi connectivity index (χ0n) is 15.6. The van der Waals surface area contributed by atoms with Gasteiger partial charge in [-0.2, -0.15) is 0 Å². The molecule has 1 aromatic heterocycles. The van der Waals surface area contributed by atoms with Crippen molar-refractivity contribution in [2.75, 3.05) is 10.6 Å². The van der Waals surface area contributed by atoms with E-state index in [0.29, 0.717) is 5.69 Å². The van der Waals surface area contributed by atoms with Crippen LogP contribution in [-0.4, -0.2) is 16.8 Å². The Hall–Kier alpha value is -2.99. The zero-order valence-corrected chi connectivity index (χ0v) is 16.4. The third-order valence-electron chi connectivity index (χ3n) is 4.54. The van der Waals surface area contributed by atoms with Crippen LogP contribution in [0.2, 0.25) is 0 Å². The molecule has 0 bridgehead atoms. The number of thiazole rings is 1. The molecule has 1 heterocycles. The Morgan fingerprint density at radius 3 is 2.46 bits per heavy atom. The lowest BCUT2D eigenvalue weighted by molar-refractivity contribution is -0.117. The molecule has 1 fully saturated rings. The predicted molar refractivity (Wildman–Crippen MR) is 112 cm³/mol. The molecule has 6 heteroatoms. The number of hydrogen-bond acceptors (Lipinski definition) is 4. The minimum absolute atomic E-state index is 0.0738. The van der Waals surface area contributed by atoms with E-state index in [1.54, 1.807) is 35.6 Å². The molecule has 0 radical (unpaired) electrons. The lowest BCUT2D eigenvalue weighted by Crippen LogP contribution is -2.15. The lowest BCUT2D eigenvalue weighted by Gasteiger charge is -2.07. The molecule has 28 heavy (non-hydrogen) atoms. The molecule has 0 unspecified atom stereocenters. The molecule has 1 aliphatic carbocycles. The normalized spacial score (nSPS) is 13.2. The Bertz CT molecular complexity index is 1010. The van der Waals surface area contributed by atoms with Gasteiger partial charge in [-0.15, -0.1) is 11.3 Å². The van der Waals surface area contributed by atoms with Crippen LogP contribution < -0.4 is 10.6 Å². The molecule has 2 amide bonds. The summed E-state index contributed by atoms with van der Waals surface area (Å²) in [5.74, 6) is 0.128. The number of aromatic nitrogens is 1. The molecule has 1 saturated carbocycles. The van der Waals surface area contributed by atoms with Crippen LogP contribution in [0.5, 0.6) is 0 Å². The van der Waals surface area contributed by atoms with Crippen molar-refractivity contribution in [1.29, 1.82) is 0 Å². The fraction of sp³-hybridized carbons (Fsp3) is 0.227.